The average Bonchev–Trinajstić information content (AvgIpc) is 2.73. The van der Waals surface area contributed by atoms with Gasteiger partial charge in [0.05, 0.1) is 6.54 Å². The maximum atomic E-state index is 13.1. The predicted molar refractivity (Wildman–Crippen MR) is 112 cm³/mol. The van der Waals surface area contributed by atoms with Crippen molar-refractivity contribution in [1.29, 1.82) is 0 Å². The lowest BCUT2D eigenvalue weighted by molar-refractivity contribution is -0.132. The second-order valence-corrected chi connectivity index (χ2v) is 7.01. The van der Waals surface area contributed by atoms with Gasteiger partial charge in [0.15, 0.2) is 0 Å². The molecule has 1 aliphatic heterocycles. The second kappa shape index (κ2) is 9.30. The molecule has 0 unspecified atom stereocenters. The van der Waals surface area contributed by atoms with Crippen LogP contribution in [0, 0.1) is 12.7 Å². The van der Waals surface area contributed by atoms with E-state index in [9.17, 15) is 18.8 Å². The summed E-state index contributed by atoms with van der Waals surface area (Å²) in [6.45, 7) is 3.76. The van der Waals surface area contributed by atoms with E-state index in [1.54, 1.807) is 37.3 Å². The average molecular weight is 410 g/mol. The lowest BCUT2D eigenvalue weighted by atomic mass is 10.1. The number of carbonyl (C=O) groups is 3. The Morgan fingerprint density at radius 1 is 1.10 bits per heavy atom. The van der Waals surface area contributed by atoms with Crippen LogP contribution in [0.15, 0.2) is 47.6 Å². The monoisotopic (exact) mass is 410 g/mol. The van der Waals surface area contributed by atoms with Gasteiger partial charge in [-0.2, -0.15) is 5.10 Å². The molecule has 0 atom stereocenters. The van der Waals surface area contributed by atoms with E-state index in [2.05, 4.69) is 15.7 Å². The standard InChI is InChI=1S/C22H23FN4O3/c1-3-20(28)24-17-9-4-14(2)19(12-17)25-22(30)18-10-11-21(29)27(26-18)13-15-5-7-16(23)8-6-15/h4-9,12H,3,10-11,13H2,1-2H3,(H,24,28)(H,25,30). The molecule has 3 rings (SSSR count). The molecule has 1 aliphatic rings. The van der Waals surface area contributed by atoms with Gasteiger partial charge in [-0.3, -0.25) is 14.4 Å². The predicted octanol–water partition coefficient (Wildman–Crippen LogP) is 3.60. The van der Waals surface area contributed by atoms with Crippen LogP contribution < -0.4 is 10.6 Å². The summed E-state index contributed by atoms with van der Waals surface area (Å²) in [5.74, 6) is -1.09. The molecule has 0 radical (unpaired) electrons. The molecular formula is C22H23FN4O3. The van der Waals surface area contributed by atoms with Crippen LogP contribution >= 0.6 is 0 Å². The smallest absolute Gasteiger partial charge is 0.271 e. The highest BCUT2D eigenvalue weighted by Gasteiger charge is 2.25. The van der Waals surface area contributed by atoms with E-state index < -0.39 is 5.91 Å². The van der Waals surface area contributed by atoms with Crippen LogP contribution in [-0.4, -0.2) is 28.4 Å². The number of halogens is 1. The molecule has 30 heavy (non-hydrogen) atoms. The third kappa shape index (κ3) is 5.28. The zero-order valence-corrected chi connectivity index (χ0v) is 16.9. The highest BCUT2D eigenvalue weighted by Crippen LogP contribution is 2.22. The Labute approximate surface area is 174 Å². The van der Waals surface area contributed by atoms with E-state index in [-0.39, 0.29) is 42.7 Å². The molecule has 0 fully saturated rings. The molecule has 2 aromatic rings. The molecule has 0 aromatic heterocycles. The van der Waals surface area contributed by atoms with Crippen molar-refractivity contribution in [3.8, 4) is 0 Å². The number of anilines is 2. The summed E-state index contributed by atoms with van der Waals surface area (Å²) in [5, 5.41) is 11.0. The van der Waals surface area contributed by atoms with E-state index >= 15 is 0 Å². The molecule has 0 aliphatic carbocycles. The number of carbonyl (C=O) groups excluding carboxylic acids is 3. The van der Waals surface area contributed by atoms with Gasteiger partial charge in [-0.05, 0) is 42.3 Å². The minimum Gasteiger partial charge on any atom is -0.326 e. The first kappa shape index (κ1) is 21.2. The summed E-state index contributed by atoms with van der Waals surface area (Å²) in [6, 6.07) is 11.0. The topological polar surface area (TPSA) is 90.9 Å². The SMILES string of the molecule is CCC(=O)Nc1ccc(C)c(NC(=O)C2=NN(Cc3ccc(F)cc3)C(=O)CC2)c1. The van der Waals surface area contributed by atoms with Gasteiger partial charge < -0.3 is 10.6 Å². The number of hydrogen-bond donors (Lipinski definition) is 2. The quantitative estimate of drug-likeness (QED) is 0.762. The van der Waals surface area contributed by atoms with E-state index in [4.69, 9.17) is 0 Å². The molecule has 0 spiro atoms. The highest BCUT2D eigenvalue weighted by molar-refractivity contribution is 6.43. The normalized spacial score (nSPS) is 13.6. The number of nitrogens with zero attached hydrogens (tertiary/aromatic N) is 2. The molecular weight excluding hydrogens is 387 g/mol. The second-order valence-electron chi connectivity index (χ2n) is 7.01. The number of nitrogens with one attached hydrogen (secondary N) is 2. The van der Waals surface area contributed by atoms with Crippen molar-refractivity contribution in [3.63, 3.8) is 0 Å². The Kier molecular flexibility index (Phi) is 6.56. The molecule has 0 saturated heterocycles. The Hall–Kier alpha value is -3.55. The molecule has 8 heteroatoms. The molecule has 156 valence electrons. The third-order valence-corrected chi connectivity index (χ3v) is 4.70. The van der Waals surface area contributed by atoms with Gasteiger partial charge in [-0.1, -0.05) is 25.1 Å². The molecule has 7 nitrogen and oxygen atoms in total. The van der Waals surface area contributed by atoms with Crippen LogP contribution in [0.5, 0.6) is 0 Å². The van der Waals surface area contributed by atoms with Gasteiger partial charge in [0.25, 0.3) is 5.91 Å². The van der Waals surface area contributed by atoms with Crippen LogP contribution in [0.4, 0.5) is 15.8 Å². The molecule has 1 heterocycles. The molecule has 2 N–H and O–H groups in total. The van der Waals surface area contributed by atoms with Gasteiger partial charge in [0, 0.05) is 30.6 Å². The third-order valence-electron chi connectivity index (χ3n) is 4.70. The van der Waals surface area contributed by atoms with Gasteiger partial charge in [-0.25, -0.2) is 9.40 Å². The lowest BCUT2D eigenvalue weighted by Crippen LogP contribution is -2.36. The lowest BCUT2D eigenvalue weighted by Gasteiger charge is -2.23. The van der Waals surface area contributed by atoms with Crippen LogP contribution in [0.25, 0.3) is 0 Å². The zero-order valence-electron chi connectivity index (χ0n) is 16.9. The molecule has 2 aromatic carbocycles. The minimum atomic E-state index is -0.409. The minimum absolute atomic E-state index is 0.122. The first-order chi connectivity index (χ1) is 14.4. The fraction of sp³-hybridized carbons (Fsp3) is 0.273. The van der Waals surface area contributed by atoms with Crippen LogP contribution in [0.3, 0.4) is 0 Å². The Balaban J connectivity index is 1.74. The summed E-state index contributed by atoms with van der Waals surface area (Å²) in [5.41, 5.74) is 2.91. The van der Waals surface area contributed by atoms with Crippen LogP contribution in [0.2, 0.25) is 0 Å². The number of benzene rings is 2. The summed E-state index contributed by atoms with van der Waals surface area (Å²) < 4.78 is 13.1. The van der Waals surface area contributed by atoms with Crippen molar-refractivity contribution in [2.24, 2.45) is 5.10 Å². The fourth-order valence-electron chi connectivity index (χ4n) is 2.93. The van der Waals surface area contributed by atoms with E-state index in [0.717, 1.165) is 5.56 Å². The van der Waals surface area contributed by atoms with Gasteiger partial charge in [-0.15, -0.1) is 0 Å². The van der Waals surface area contributed by atoms with Crippen molar-refractivity contribution < 1.29 is 18.8 Å². The van der Waals surface area contributed by atoms with Crippen LogP contribution in [0.1, 0.15) is 37.3 Å². The first-order valence-corrected chi connectivity index (χ1v) is 9.70. The summed E-state index contributed by atoms with van der Waals surface area (Å²) in [7, 11) is 0. The zero-order chi connectivity index (χ0) is 21.7. The summed E-state index contributed by atoms with van der Waals surface area (Å²) in [4.78, 5) is 36.5. The number of rotatable bonds is 6. The Morgan fingerprint density at radius 2 is 1.83 bits per heavy atom. The molecule has 0 saturated carbocycles. The Morgan fingerprint density at radius 3 is 2.53 bits per heavy atom. The first-order valence-electron chi connectivity index (χ1n) is 9.70. The van der Waals surface area contributed by atoms with Crippen molar-refractivity contribution >= 4 is 34.8 Å². The largest absolute Gasteiger partial charge is 0.326 e. The van der Waals surface area contributed by atoms with Gasteiger partial charge in [0.1, 0.15) is 11.5 Å². The maximum Gasteiger partial charge on any atom is 0.271 e. The number of hydrogen-bond acceptors (Lipinski definition) is 4. The molecule has 3 amide bonds. The number of hydrazone groups is 1. The summed E-state index contributed by atoms with van der Waals surface area (Å²) >= 11 is 0. The van der Waals surface area contributed by atoms with Crippen molar-refractivity contribution in [1.82, 2.24) is 5.01 Å². The maximum absolute atomic E-state index is 13.1. The van der Waals surface area contributed by atoms with E-state index in [1.807, 2.05) is 6.92 Å². The van der Waals surface area contributed by atoms with E-state index in [0.29, 0.717) is 23.4 Å². The van der Waals surface area contributed by atoms with Crippen molar-refractivity contribution in [2.75, 3.05) is 10.6 Å². The van der Waals surface area contributed by atoms with Crippen molar-refractivity contribution in [2.45, 2.75) is 39.7 Å². The van der Waals surface area contributed by atoms with Crippen molar-refractivity contribution in [3.05, 3.63) is 59.4 Å². The van der Waals surface area contributed by atoms with Gasteiger partial charge in [0.2, 0.25) is 11.8 Å². The highest BCUT2D eigenvalue weighted by atomic mass is 19.1. The number of aryl methyl sites for hydroxylation is 1. The van der Waals surface area contributed by atoms with Gasteiger partial charge >= 0.3 is 0 Å². The Bertz CT molecular complexity index is 1000. The number of amides is 3. The van der Waals surface area contributed by atoms with Crippen LogP contribution in [-0.2, 0) is 20.9 Å². The fourth-order valence-corrected chi connectivity index (χ4v) is 2.93. The molecule has 0 bridgehead atoms. The van der Waals surface area contributed by atoms with E-state index in [1.165, 1.54) is 17.1 Å². The summed E-state index contributed by atoms with van der Waals surface area (Å²) in [6.07, 6.45) is 0.749.